The van der Waals surface area contributed by atoms with Crippen molar-refractivity contribution in [2.24, 2.45) is 5.92 Å². The van der Waals surface area contributed by atoms with Gasteiger partial charge in [0.15, 0.2) is 0 Å². The molecule has 0 radical (unpaired) electrons. The van der Waals surface area contributed by atoms with E-state index in [1.807, 2.05) is 67.4 Å². The highest BCUT2D eigenvalue weighted by atomic mass is 16.5. The quantitative estimate of drug-likeness (QED) is 0.405. The SMILES string of the molecule is CC(Oc1ccc2[nH]nc(-c3cnn(CC4CC(=O)N(C)C4)c3)c2c1)c1cccc2nccnc12. The van der Waals surface area contributed by atoms with Gasteiger partial charge in [0.1, 0.15) is 17.5 Å². The van der Waals surface area contributed by atoms with Crippen LogP contribution in [-0.4, -0.2) is 54.3 Å². The number of amides is 1. The summed E-state index contributed by atoms with van der Waals surface area (Å²) >= 11 is 0. The molecule has 1 N–H and O–H groups in total. The predicted octanol–water partition coefficient (Wildman–Crippen LogP) is 3.99. The van der Waals surface area contributed by atoms with Crippen molar-refractivity contribution < 1.29 is 9.53 Å². The van der Waals surface area contributed by atoms with Crippen LogP contribution in [0, 0.1) is 5.92 Å². The lowest BCUT2D eigenvalue weighted by Crippen LogP contribution is -2.20. The van der Waals surface area contributed by atoms with E-state index in [9.17, 15) is 4.79 Å². The molecule has 35 heavy (non-hydrogen) atoms. The van der Waals surface area contributed by atoms with Crippen LogP contribution in [0.25, 0.3) is 33.2 Å². The molecule has 0 spiro atoms. The van der Waals surface area contributed by atoms with Crippen molar-refractivity contribution in [2.45, 2.75) is 26.0 Å². The number of benzene rings is 2. The van der Waals surface area contributed by atoms with Gasteiger partial charge in [-0.05, 0) is 31.2 Å². The first-order valence-corrected chi connectivity index (χ1v) is 11.7. The largest absolute Gasteiger partial charge is 0.486 e. The summed E-state index contributed by atoms with van der Waals surface area (Å²) in [6.45, 7) is 3.48. The molecule has 9 heteroatoms. The zero-order valence-corrected chi connectivity index (χ0v) is 19.5. The molecular formula is C26H25N7O2. The van der Waals surface area contributed by atoms with E-state index < -0.39 is 0 Å². The number of likely N-dealkylation sites (tertiary alicyclic amines) is 1. The Morgan fingerprint density at radius 3 is 2.94 bits per heavy atom. The number of hydrogen-bond donors (Lipinski definition) is 1. The average Bonchev–Trinajstić information content (AvgIpc) is 3.57. The number of aromatic nitrogens is 6. The Labute approximate surface area is 201 Å². The van der Waals surface area contributed by atoms with Gasteiger partial charge in [-0.3, -0.25) is 24.5 Å². The molecule has 1 amide bonds. The highest BCUT2D eigenvalue weighted by Gasteiger charge is 2.27. The summed E-state index contributed by atoms with van der Waals surface area (Å²) in [5.74, 6) is 1.21. The van der Waals surface area contributed by atoms with Crippen LogP contribution < -0.4 is 4.74 Å². The number of para-hydroxylation sites is 1. The molecule has 6 rings (SSSR count). The number of carbonyl (C=O) groups excluding carboxylic acids is 1. The van der Waals surface area contributed by atoms with Crippen molar-refractivity contribution in [3.05, 3.63) is 66.7 Å². The maximum absolute atomic E-state index is 11.8. The van der Waals surface area contributed by atoms with Crippen molar-refractivity contribution in [1.82, 2.24) is 34.8 Å². The lowest BCUT2D eigenvalue weighted by molar-refractivity contribution is -0.126. The first kappa shape index (κ1) is 21.3. The summed E-state index contributed by atoms with van der Waals surface area (Å²) in [5.41, 5.74) is 5.34. The summed E-state index contributed by atoms with van der Waals surface area (Å²) in [4.78, 5) is 22.5. The molecule has 3 aromatic heterocycles. The molecule has 1 fully saturated rings. The summed E-state index contributed by atoms with van der Waals surface area (Å²) in [7, 11) is 1.85. The minimum absolute atomic E-state index is 0.193. The van der Waals surface area contributed by atoms with Gasteiger partial charge < -0.3 is 9.64 Å². The first-order chi connectivity index (χ1) is 17.0. The molecule has 1 saturated heterocycles. The third kappa shape index (κ3) is 3.99. The second kappa shape index (κ2) is 8.50. The molecule has 1 aliphatic rings. The van der Waals surface area contributed by atoms with Crippen LogP contribution in [0.2, 0.25) is 0 Å². The van der Waals surface area contributed by atoms with Crippen molar-refractivity contribution >= 4 is 27.8 Å². The highest BCUT2D eigenvalue weighted by molar-refractivity contribution is 5.93. The predicted molar refractivity (Wildman–Crippen MR) is 132 cm³/mol. The smallest absolute Gasteiger partial charge is 0.222 e. The number of rotatable bonds is 6. The molecule has 4 heterocycles. The van der Waals surface area contributed by atoms with Crippen molar-refractivity contribution in [3.8, 4) is 17.0 Å². The van der Waals surface area contributed by atoms with Crippen LogP contribution in [0.1, 0.15) is 25.0 Å². The molecule has 2 aromatic carbocycles. The van der Waals surface area contributed by atoms with Crippen LogP contribution in [-0.2, 0) is 11.3 Å². The fourth-order valence-corrected chi connectivity index (χ4v) is 4.83. The Morgan fingerprint density at radius 2 is 2.09 bits per heavy atom. The lowest BCUT2D eigenvalue weighted by Gasteiger charge is -2.16. The molecule has 9 nitrogen and oxygen atoms in total. The molecule has 0 saturated carbocycles. The van der Waals surface area contributed by atoms with Crippen molar-refractivity contribution in [1.29, 1.82) is 0 Å². The number of nitrogens with zero attached hydrogens (tertiary/aromatic N) is 6. The second-order valence-electron chi connectivity index (χ2n) is 9.11. The fraction of sp³-hybridized carbons (Fsp3) is 0.269. The van der Waals surface area contributed by atoms with Gasteiger partial charge >= 0.3 is 0 Å². The van der Waals surface area contributed by atoms with E-state index in [1.165, 1.54) is 0 Å². The Bertz CT molecular complexity index is 1530. The zero-order valence-electron chi connectivity index (χ0n) is 19.5. The summed E-state index contributed by atoms with van der Waals surface area (Å²) in [6, 6.07) is 11.9. The van der Waals surface area contributed by atoms with E-state index in [4.69, 9.17) is 4.74 Å². The Kier molecular flexibility index (Phi) is 5.17. The number of fused-ring (bicyclic) bond motifs is 2. The Balaban J connectivity index is 1.25. The van der Waals surface area contributed by atoms with Crippen LogP contribution in [0.15, 0.2) is 61.2 Å². The number of ether oxygens (including phenoxy) is 1. The van der Waals surface area contributed by atoms with E-state index in [0.717, 1.165) is 51.1 Å². The standard InChI is InChI=1S/C26H25N7O2/c1-16(20-4-3-5-23-26(20)28-9-8-27-23)35-19-6-7-22-21(11-19)25(31-30-22)18-12-29-33(15-18)14-17-10-24(34)32(2)13-17/h3-9,11-12,15-17H,10,13-14H2,1-2H3,(H,30,31). The molecule has 2 atom stereocenters. The molecule has 0 bridgehead atoms. The number of carbonyl (C=O) groups is 1. The molecule has 176 valence electrons. The Morgan fingerprint density at radius 1 is 1.20 bits per heavy atom. The van der Waals surface area contributed by atoms with Gasteiger partial charge in [0.25, 0.3) is 0 Å². The number of aromatic amines is 1. The van der Waals surface area contributed by atoms with Gasteiger partial charge in [0, 0.05) is 67.6 Å². The minimum atomic E-state index is -0.210. The van der Waals surface area contributed by atoms with Crippen molar-refractivity contribution in [2.75, 3.05) is 13.6 Å². The molecule has 2 unspecified atom stereocenters. The first-order valence-electron chi connectivity index (χ1n) is 11.7. The molecule has 1 aliphatic heterocycles. The second-order valence-corrected chi connectivity index (χ2v) is 9.11. The fourth-order valence-electron chi connectivity index (χ4n) is 4.83. The lowest BCUT2D eigenvalue weighted by atomic mass is 10.1. The average molecular weight is 468 g/mol. The van der Waals surface area contributed by atoms with Gasteiger partial charge in [-0.2, -0.15) is 10.2 Å². The molecule has 5 aromatic rings. The summed E-state index contributed by atoms with van der Waals surface area (Å²) in [5, 5.41) is 13.1. The molecular weight excluding hydrogens is 442 g/mol. The normalized spacial score (nSPS) is 16.9. The topological polar surface area (TPSA) is 102 Å². The van der Waals surface area contributed by atoms with Crippen LogP contribution >= 0.6 is 0 Å². The number of hydrogen-bond acceptors (Lipinski definition) is 6. The summed E-state index contributed by atoms with van der Waals surface area (Å²) < 4.78 is 8.22. The van der Waals surface area contributed by atoms with Gasteiger partial charge in [-0.25, -0.2) is 0 Å². The van der Waals surface area contributed by atoms with Gasteiger partial charge in [0.2, 0.25) is 5.91 Å². The minimum Gasteiger partial charge on any atom is -0.486 e. The van der Waals surface area contributed by atoms with E-state index in [2.05, 4.69) is 25.3 Å². The highest BCUT2D eigenvalue weighted by Crippen LogP contribution is 2.32. The number of H-pyrrole nitrogens is 1. The van der Waals surface area contributed by atoms with Crippen LogP contribution in [0.4, 0.5) is 0 Å². The van der Waals surface area contributed by atoms with E-state index >= 15 is 0 Å². The van der Waals surface area contributed by atoms with Gasteiger partial charge in [0.05, 0.1) is 22.7 Å². The maximum Gasteiger partial charge on any atom is 0.222 e. The number of nitrogens with one attached hydrogen (secondary N) is 1. The monoisotopic (exact) mass is 467 g/mol. The van der Waals surface area contributed by atoms with Crippen molar-refractivity contribution in [3.63, 3.8) is 0 Å². The zero-order chi connectivity index (χ0) is 23.9. The third-order valence-electron chi connectivity index (χ3n) is 6.59. The van der Waals surface area contributed by atoms with E-state index in [-0.39, 0.29) is 17.9 Å². The van der Waals surface area contributed by atoms with E-state index in [1.54, 1.807) is 17.3 Å². The Hall–Kier alpha value is -4.27. The van der Waals surface area contributed by atoms with Crippen LogP contribution in [0.3, 0.4) is 0 Å². The summed E-state index contributed by atoms with van der Waals surface area (Å²) in [6.07, 6.45) is 7.56. The van der Waals surface area contributed by atoms with E-state index in [0.29, 0.717) is 13.0 Å². The van der Waals surface area contributed by atoms with Gasteiger partial charge in [-0.1, -0.05) is 12.1 Å². The third-order valence-corrected chi connectivity index (χ3v) is 6.59. The molecule has 0 aliphatic carbocycles. The maximum atomic E-state index is 11.8. The van der Waals surface area contributed by atoms with Crippen LogP contribution in [0.5, 0.6) is 5.75 Å². The van der Waals surface area contributed by atoms with Gasteiger partial charge in [-0.15, -0.1) is 0 Å².